The molecule has 0 unspecified atom stereocenters. The van der Waals surface area contributed by atoms with Gasteiger partial charge >= 0.3 is 5.97 Å². The fourth-order valence-electron chi connectivity index (χ4n) is 1.11. The molecule has 1 rings (SSSR count). The summed E-state index contributed by atoms with van der Waals surface area (Å²) in [6.45, 7) is 0. The van der Waals surface area contributed by atoms with E-state index >= 15 is 0 Å². The first kappa shape index (κ1) is 10.7. The number of carbonyl (C=O) groups is 1. The summed E-state index contributed by atoms with van der Waals surface area (Å²) in [5.41, 5.74) is 0.734. The van der Waals surface area contributed by atoms with Gasteiger partial charge in [-0.1, -0.05) is 28.1 Å². The minimum Gasteiger partial charge on any atom is -0.481 e. The average Bonchev–Trinajstić information content (AvgIpc) is 2.15. The molecule has 3 nitrogen and oxygen atoms in total. The molecule has 14 heavy (non-hydrogen) atoms. The molecule has 1 N–H and O–H groups in total. The van der Waals surface area contributed by atoms with Crippen LogP contribution in [0.5, 0.6) is 0 Å². The van der Waals surface area contributed by atoms with Crippen molar-refractivity contribution in [3.05, 3.63) is 34.3 Å². The summed E-state index contributed by atoms with van der Waals surface area (Å²) in [5.74, 6) is -1.53. The summed E-state index contributed by atoms with van der Waals surface area (Å²) in [6, 6.07) is 9.06. The van der Waals surface area contributed by atoms with E-state index < -0.39 is 11.9 Å². The number of nitriles is 1. The molecule has 0 amide bonds. The largest absolute Gasteiger partial charge is 0.481 e. The molecular weight excluding hydrogens is 246 g/mol. The topological polar surface area (TPSA) is 61.1 Å². The van der Waals surface area contributed by atoms with Crippen LogP contribution in [0.15, 0.2) is 28.7 Å². The molecule has 0 saturated carbocycles. The highest BCUT2D eigenvalue weighted by Gasteiger charge is 2.14. The number of aliphatic carboxylic acids is 1. The molecule has 4 heteroatoms. The third kappa shape index (κ3) is 2.86. The molecule has 0 spiro atoms. The Morgan fingerprint density at radius 1 is 1.50 bits per heavy atom. The Hall–Kier alpha value is -1.34. The zero-order valence-corrected chi connectivity index (χ0v) is 8.86. The first-order valence-corrected chi connectivity index (χ1v) is 4.79. The van der Waals surface area contributed by atoms with Gasteiger partial charge in [-0.15, -0.1) is 0 Å². The molecule has 1 aromatic rings. The molecule has 0 saturated heterocycles. The van der Waals surface area contributed by atoms with Crippen molar-refractivity contribution in [3.8, 4) is 6.07 Å². The minimum atomic E-state index is -0.959. The highest BCUT2D eigenvalue weighted by Crippen LogP contribution is 2.20. The second-order valence-electron chi connectivity index (χ2n) is 2.83. The van der Waals surface area contributed by atoms with Gasteiger partial charge in [0.25, 0.3) is 0 Å². The van der Waals surface area contributed by atoms with Crippen molar-refractivity contribution in [2.24, 2.45) is 0 Å². The standard InChI is InChI=1S/C10H8BrNO2/c11-9-3-1-7(2-4-9)8(6-12)5-10(13)14/h1-4,8H,5H2,(H,13,14)/t8-/m1/s1. The maximum atomic E-state index is 10.4. The van der Waals surface area contributed by atoms with Gasteiger partial charge in [-0.2, -0.15) is 5.26 Å². The van der Waals surface area contributed by atoms with Crippen LogP contribution in [-0.2, 0) is 4.79 Å². The molecule has 0 aliphatic heterocycles. The van der Waals surface area contributed by atoms with Crippen LogP contribution >= 0.6 is 15.9 Å². The minimum absolute atomic E-state index is 0.155. The zero-order valence-electron chi connectivity index (χ0n) is 7.27. The third-order valence-corrected chi connectivity index (χ3v) is 2.34. The molecule has 0 fully saturated rings. The second-order valence-corrected chi connectivity index (χ2v) is 3.75. The fraction of sp³-hybridized carbons (Fsp3) is 0.200. The molecule has 0 aliphatic carbocycles. The number of benzene rings is 1. The fourth-order valence-corrected chi connectivity index (χ4v) is 1.37. The highest BCUT2D eigenvalue weighted by atomic mass is 79.9. The number of nitrogens with zero attached hydrogens (tertiary/aromatic N) is 1. The van der Waals surface area contributed by atoms with Gasteiger partial charge in [0.1, 0.15) is 0 Å². The molecule has 0 heterocycles. The van der Waals surface area contributed by atoms with E-state index in [1.165, 1.54) is 0 Å². The number of hydrogen-bond acceptors (Lipinski definition) is 2. The monoisotopic (exact) mass is 253 g/mol. The predicted octanol–water partition coefficient (Wildman–Crippen LogP) is 2.53. The van der Waals surface area contributed by atoms with Crippen LogP contribution in [0.4, 0.5) is 0 Å². The quantitative estimate of drug-likeness (QED) is 0.901. The van der Waals surface area contributed by atoms with Crippen LogP contribution in [0.2, 0.25) is 0 Å². The van der Waals surface area contributed by atoms with E-state index in [9.17, 15) is 4.79 Å². The van der Waals surface area contributed by atoms with Gasteiger partial charge in [-0.3, -0.25) is 4.79 Å². The Balaban J connectivity index is 2.85. The number of hydrogen-bond donors (Lipinski definition) is 1. The van der Waals surface area contributed by atoms with Gasteiger partial charge in [-0.05, 0) is 17.7 Å². The van der Waals surface area contributed by atoms with E-state index in [4.69, 9.17) is 10.4 Å². The van der Waals surface area contributed by atoms with Gasteiger partial charge in [0, 0.05) is 4.47 Å². The lowest BCUT2D eigenvalue weighted by Gasteiger charge is -2.05. The molecule has 72 valence electrons. The Bertz CT molecular complexity index is 367. The molecule has 0 aromatic heterocycles. The highest BCUT2D eigenvalue weighted by molar-refractivity contribution is 9.10. The van der Waals surface area contributed by atoms with E-state index in [0.717, 1.165) is 10.0 Å². The van der Waals surface area contributed by atoms with Gasteiger partial charge in [0.2, 0.25) is 0 Å². The molecular formula is C10H8BrNO2. The lowest BCUT2D eigenvalue weighted by atomic mass is 9.98. The molecule has 1 aromatic carbocycles. The maximum Gasteiger partial charge on any atom is 0.305 e. The summed E-state index contributed by atoms with van der Waals surface area (Å²) >= 11 is 3.27. The third-order valence-electron chi connectivity index (χ3n) is 1.81. The van der Waals surface area contributed by atoms with E-state index in [2.05, 4.69) is 15.9 Å². The lowest BCUT2D eigenvalue weighted by Crippen LogP contribution is -2.04. The number of carboxylic acid groups (broad SMARTS) is 1. The van der Waals surface area contributed by atoms with E-state index in [0.29, 0.717) is 0 Å². The molecule has 0 bridgehead atoms. The van der Waals surface area contributed by atoms with Gasteiger partial charge in [-0.25, -0.2) is 0 Å². The Morgan fingerprint density at radius 2 is 2.07 bits per heavy atom. The Labute approximate surface area is 90.1 Å². The molecule has 0 radical (unpaired) electrons. The summed E-state index contributed by atoms with van der Waals surface area (Å²) < 4.78 is 0.910. The van der Waals surface area contributed by atoms with Crippen molar-refractivity contribution >= 4 is 21.9 Å². The predicted molar refractivity (Wildman–Crippen MR) is 54.7 cm³/mol. The zero-order chi connectivity index (χ0) is 10.6. The van der Waals surface area contributed by atoms with Crippen molar-refractivity contribution < 1.29 is 9.90 Å². The smallest absolute Gasteiger partial charge is 0.305 e. The first-order valence-electron chi connectivity index (χ1n) is 4.00. The van der Waals surface area contributed by atoms with Crippen molar-refractivity contribution in [1.82, 2.24) is 0 Å². The van der Waals surface area contributed by atoms with Crippen LogP contribution in [0.1, 0.15) is 17.9 Å². The number of rotatable bonds is 3. The SMILES string of the molecule is N#C[C@@H](CC(=O)O)c1ccc(Br)cc1. The van der Waals surface area contributed by atoms with Gasteiger partial charge in [0.15, 0.2) is 0 Å². The van der Waals surface area contributed by atoms with E-state index in [1.807, 2.05) is 6.07 Å². The van der Waals surface area contributed by atoms with Crippen molar-refractivity contribution in [2.45, 2.75) is 12.3 Å². The van der Waals surface area contributed by atoms with Crippen LogP contribution in [0.3, 0.4) is 0 Å². The normalized spacial score (nSPS) is 11.7. The summed E-state index contributed by atoms with van der Waals surface area (Å²) in [6.07, 6.45) is -0.155. The number of carboxylic acids is 1. The first-order chi connectivity index (χ1) is 6.63. The van der Waals surface area contributed by atoms with Crippen LogP contribution < -0.4 is 0 Å². The van der Waals surface area contributed by atoms with E-state index in [1.54, 1.807) is 24.3 Å². The molecule has 0 aliphatic rings. The second kappa shape index (κ2) is 4.77. The Morgan fingerprint density at radius 3 is 2.50 bits per heavy atom. The summed E-state index contributed by atoms with van der Waals surface area (Å²) in [7, 11) is 0. The maximum absolute atomic E-state index is 10.4. The summed E-state index contributed by atoms with van der Waals surface area (Å²) in [5, 5.41) is 17.3. The number of halogens is 1. The summed E-state index contributed by atoms with van der Waals surface area (Å²) in [4.78, 5) is 10.4. The average molecular weight is 254 g/mol. The van der Waals surface area contributed by atoms with Gasteiger partial charge < -0.3 is 5.11 Å². The van der Waals surface area contributed by atoms with Gasteiger partial charge in [0.05, 0.1) is 18.4 Å². The van der Waals surface area contributed by atoms with E-state index in [-0.39, 0.29) is 6.42 Å². The lowest BCUT2D eigenvalue weighted by molar-refractivity contribution is -0.137. The van der Waals surface area contributed by atoms with Crippen LogP contribution in [-0.4, -0.2) is 11.1 Å². The Kier molecular flexibility index (Phi) is 3.66. The van der Waals surface area contributed by atoms with Crippen molar-refractivity contribution in [1.29, 1.82) is 5.26 Å². The molecule has 1 atom stereocenters. The van der Waals surface area contributed by atoms with Crippen LogP contribution in [0.25, 0.3) is 0 Å². The van der Waals surface area contributed by atoms with Crippen molar-refractivity contribution in [3.63, 3.8) is 0 Å². The van der Waals surface area contributed by atoms with Crippen LogP contribution in [0, 0.1) is 11.3 Å². The van der Waals surface area contributed by atoms with Crippen molar-refractivity contribution in [2.75, 3.05) is 0 Å².